The summed E-state index contributed by atoms with van der Waals surface area (Å²) in [7, 11) is 0. The zero-order chi connectivity index (χ0) is 18.2. The summed E-state index contributed by atoms with van der Waals surface area (Å²) in [5.41, 5.74) is 0. The second kappa shape index (κ2) is 9.37. The Bertz CT molecular complexity index is 417. The maximum atomic E-state index is 11.8. The lowest BCUT2D eigenvalue weighted by atomic mass is 9.94. The maximum Gasteiger partial charge on any atom is 0.410 e. The summed E-state index contributed by atoms with van der Waals surface area (Å²) in [6.45, 7) is 10.5. The van der Waals surface area contributed by atoms with E-state index in [4.69, 9.17) is 14.6 Å². The minimum absolute atomic E-state index is 0.0236. The fraction of sp³-hybridized carbons (Fsp3) is 0.812. The summed E-state index contributed by atoms with van der Waals surface area (Å²) < 4.78 is 10.2. The molecule has 0 fully saturated rings. The molecule has 7 heteroatoms. The van der Waals surface area contributed by atoms with Gasteiger partial charge in [-0.05, 0) is 18.3 Å². The van der Waals surface area contributed by atoms with Crippen LogP contribution in [-0.2, 0) is 19.1 Å². The number of nitrogens with one attached hydrogen (secondary N) is 1. The Morgan fingerprint density at radius 2 is 1.65 bits per heavy atom. The van der Waals surface area contributed by atoms with E-state index in [2.05, 4.69) is 5.32 Å². The summed E-state index contributed by atoms with van der Waals surface area (Å²) in [5, 5.41) is 11.4. The van der Waals surface area contributed by atoms with E-state index >= 15 is 0 Å². The maximum absolute atomic E-state index is 11.8. The average Bonchev–Trinajstić information content (AvgIpc) is 2.33. The summed E-state index contributed by atoms with van der Waals surface area (Å²) in [6.07, 6.45) is -0.0895. The van der Waals surface area contributed by atoms with Gasteiger partial charge in [0.2, 0.25) is 0 Å². The highest BCUT2D eigenvalue weighted by Crippen LogP contribution is 2.16. The fourth-order valence-electron chi connectivity index (χ4n) is 2.02. The van der Waals surface area contributed by atoms with Crippen LogP contribution < -0.4 is 5.32 Å². The standard InChI is InChI=1S/C16H29NO6/c1-10(2)7-12(8-13(18)19)9-17-15(21)23-16(5,6)22-14(20)11(3)4/h10-12H,7-9H2,1-6H3,(H,17,21)(H,18,19). The molecule has 0 aliphatic rings. The van der Waals surface area contributed by atoms with Gasteiger partial charge in [0.15, 0.2) is 0 Å². The molecule has 0 saturated heterocycles. The number of carboxylic acids is 1. The van der Waals surface area contributed by atoms with Gasteiger partial charge in [-0.3, -0.25) is 9.59 Å². The Hall–Kier alpha value is -1.79. The van der Waals surface area contributed by atoms with Crippen LogP contribution in [0.4, 0.5) is 4.79 Å². The van der Waals surface area contributed by atoms with Gasteiger partial charge in [0.25, 0.3) is 5.79 Å². The number of alkyl carbamates (subject to hydrolysis) is 1. The van der Waals surface area contributed by atoms with Crippen LogP contribution in [0.15, 0.2) is 0 Å². The number of rotatable bonds is 9. The number of hydrogen-bond donors (Lipinski definition) is 2. The number of ether oxygens (including phenoxy) is 2. The van der Waals surface area contributed by atoms with Gasteiger partial charge < -0.3 is 19.9 Å². The molecule has 0 aromatic heterocycles. The van der Waals surface area contributed by atoms with Crippen LogP contribution in [0.2, 0.25) is 0 Å². The first-order valence-electron chi connectivity index (χ1n) is 7.84. The topological polar surface area (TPSA) is 102 Å². The Morgan fingerprint density at radius 3 is 2.09 bits per heavy atom. The van der Waals surface area contributed by atoms with Crippen LogP contribution in [0.1, 0.15) is 54.4 Å². The van der Waals surface area contributed by atoms with Crippen molar-refractivity contribution >= 4 is 18.0 Å². The summed E-state index contributed by atoms with van der Waals surface area (Å²) in [5.74, 6) is -2.94. The van der Waals surface area contributed by atoms with Gasteiger partial charge in [0.05, 0.1) is 5.92 Å². The van der Waals surface area contributed by atoms with Gasteiger partial charge in [0, 0.05) is 26.8 Å². The molecule has 0 aliphatic carbocycles. The number of esters is 1. The van der Waals surface area contributed by atoms with Gasteiger partial charge in [-0.15, -0.1) is 0 Å². The molecule has 1 amide bonds. The monoisotopic (exact) mass is 331 g/mol. The average molecular weight is 331 g/mol. The van der Waals surface area contributed by atoms with Crippen molar-refractivity contribution in [2.75, 3.05) is 6.54 Å². The highest BCUT2D eigenvalue weighted by molar-refractivity contribution is 5.72. The molecule has 0 aromatic carbocycles. The first-order chi connectivity index (χ1) is 10.4. The number of amides is 1. The number of carboxylic acid groups (broad SMARTS) is 1. The SMILES string of the molecule is CC(C)CC(CNC(=O)OC(C)(C)OC(=O)C(C)C)CC(=O)O. The van der Waals surface area contributed by atoms with E-state index in [1.807, 2.05) is 13.8 Å². The molecule has 0 heterocycles. The number of carbonyl (C=O) groups is 3. The minimum Gasteiger partial charge on any atom is -0.481 e. The Kier molecular flexibility index (Phi) is 8.64. The third-order valence-corrected chi connectivity index (χ3v) is 2.96. The van der Waals surface area contributed by atoms with E-state index in [0.29, 0.717) is 12.3 Å². The lowest BCUT2D eigenvalue weighted by Crippen LogP contribution is -2.40. The van der Waals surface area contributed by atoms with Crippen molar-refractivity contribution in [1.82, 2.24) is 5.32 Å². The predicted octanol–water partition coefficient (Wildman–Crippen LogP) is 2.78. The summed E-state index contributed by atoms with van der Waals surface area (Å²) in [4.78, 5) is 34.2. The van der Waals surface area contributed by atoms with E-state index in [0.717, 1.165) is 0 Å². The van der Waals surface area contributed by atoms with Crippen molar-refractivity contribution in [3.63, 3.8) is 0 Å². The second-order valence-electron chi connectivity index (χ2n) is 6.84. The lowest BCUT2D eigenvalue weighted by Gasteiger charge is -2.26. The highest BCUT2D eigenvalue weighted by atomic mass is 16.7. The van der Waals surface area contributed by atoms with E-state index < -0.39 is 23.8 Å². The lowest BCUT2D eigenvalue weighted by molar-refractivity contribution is -0.198. The number of carbonyl (C=O) groups excluding carboxylic acids is 2. The predicted molar refractivity (Wildman–Crippen MR) is 84.7 cm³/mol. The Morgan fingerprint density at radius 1 is 1.09 bits per heavy atom. The van der Waals surface area contributed by atoms with Gasteiger partial charge in [-0.2, -0.15) is 0 Å². The van der Waals surface area contributed by atoms with Crippen molar-refractivity contribution in [2.45, 2.75) is 60.2 Å². The molecule has 1 atom stereocenters. The highest BCUT2D eigenvalue weighted by Gasteiger charge is 2.29. The van der Waals surface area contributed by atoms with E-state index in [1.54, 1.807) is 13.8 Å². The molecule has 134 valence electrons. The van der Waals surface area contributed by atoms with Crippen LogP contribution >= 0.6 is 0 Å². The van der Waals surface area contributed by atoms with Crippen molar-refractivity contribution < 1.29 is 29.0 Å². The zero-order valence-corrected chi connectivity index (χ0v) is 14.8. The molecular formula is C16H29NO6. The van der Waals surface area contributed by atoms with Gasteiger partial charge in [-0.25, -0.2) is 4.79 Å². The van der Waals surface area contributed by atoms with Gasteiger partial charge >= 0.3 is 18.0 Å². The third-order valence-electron chi connectivity index (χ3n) is 2.96. The van der Waals surface area contributed by atoms with Crippen LogP contribution in [0.25, 0.3) is 0 Å². The van der Waals surface area contributed by atoms with Crippen LogP contribution in [0, 0.1) is 17.8 Å². The first-order valence-corrected chi connectivity index (χ1v) is 7.84. The second-order valence-corrected chi connectivity index (χ2v) is 6.84. The third kappa shape index (κ3) is 10.5. The largest absolute Gasteiger partial charge is 0.481 e. The van der Waals surface area contributed by atoms with Crippen molar-refractivity contribution in [1.29, 1.82) is 0 Å². The van der Waals surface area contributed by atoms with Crippen LogP contribution in [0.5, 0.6) is 0 Å². The molecule has 1 unspecified atom stereocenters. The van der Waals surface area contributed by atoms with Crippen molar-refractivity contribution in [3.8, 4) is 0 Å². The smallest absolute Gasteiger partial charge is 0.410 e. The quantitative estimate of drug-likeness (QED) is 0.497. The van der Waals surface area contributed by atoms with E-state index in [1.165, 1.54) is 13.8 Å². The van der Waals surface area contributed by atoms with Gasteiger partial charge in [0.1, 0.15) is 0 Å². The number of aliphatic carboxylic acids is 1. The zero-order valence-electron chi connectivity index (χ0n) is 14.8. The van der Waals surface area contributed by atoms with Gasteiger partial charge in [-0.1, -0.05) is 27.7 Å². The van der Waals surface area contributed by atoms with Crippen molar-refractivity contribution in [2.24, 2.45) is 17.8 Å². The molecule has 0 radical (unpaired) electrons. The molecule has 23 heavy (non-hydrogen) atoms. The molecule has 7 nitrogen and oxygen atoms in total. The van der Waals surface area contributed by atoms with E-state index in [-0.39, 0.29) is 24.8 Å². The first kappa shape index (κ1) is 21.2. The van der Waals surface area contributed by atoms with Crippen LogP contribution in [-0.4, -0.2) is 35.5 Å². The molecule has 0 saturated carbocycles. The number of hydrogen-bond acceptors (Lipinski definition) is 5. The molecule has 0 aliphatic heterocycles. The molecule has 0 aromatic rings. The fourth-order valence-corrected chi connectivity index (χ4v) is 2.02. The minimum atomic E-state index is -1.38. The molecule has 2 N–H and O–H groups in total. The Balaban J connectivity index is 4.44. The molecule has 0 bridgehead atoms. The summed E-state index contributed by atoms with van der Waals surface area (Å²) in [6, 6.07) is 0. The van der Waals surface area contributed by atoms with E-state index in [9.17, 15) is 14.4 Å². The normalized spacial score (nSPS) is 12.9. The van der Waals surface area contributed by atoms with Crippen LogP contribution in [0.3, 0.4) is 0 Å². The molecule has 0 spiro atoms. The molecular weight excluding hydrogens is 302 g/mol. The molecule has 0 rings (SSSR count). The van der Waals surface area contributed by atoms with Crippen molar-refractivity contribution in [3.05, 3.63) is 0 Å². The summed E-state index contributed by atoms with van der Waals surface area (Å²) >= 11 is 0. The Labute approximate surface area is 137 Å².